The first-order valence-electron chi connectivity index (χ1n) is 9.12. The van der Waals surface area contributed by atoms with E-state index in [1.807, 2.05) is 37.3 Å². The molecule has 2 aliphatic rings. The maximum Gasteiger partial charge on any atom is 0.312 e. The Balaban J connectivity index is 1.76. The molecule has 0 bridgehead atoms. The van der Waals surface area contributed by atoms with E-state index in [0.29, 0.717) is 6.54 Å². The number of carbonyl (C=O) groups excluding carboxylic acids is 1. The lowest BCUT2D eigenvalue weighted by molar-refractivity contribution is -0.168. The summed E-state index contributed by atoms with van der Waals surface area (Å²) in [4.78, 5) is 26.6. The number of hydrogen-bond acceptors (Lipinski definition) is 3. The highest BCUT2D eigenvalue weighted by atomic mass is 16.4. The van der Waals surface area contributed by atoms with Crippen LogP contribution in [0.3, 0.4) is 0 Å². The summed E-state index contributed by atoms with van der Waals surface area (Å²) < 4.78 is 0. The predicted molar refractivity (Wildman–Crippen MR) is 94.0 cm³/mol. The molecule has 5 nitrogen and oxygen atoms in total. The average Bonchev–Trinajstić information content (AvgIpc) is 3.04. The van der Waals surface area contributed by atoms with Crippen molar-refractivity contribution >= 4 is 11.9 Å². The summed E-state index contributed by atoms with van der Waals surface area (Å²) in [7, 11) is 0. The molecule has 1 aromatic carbocycles. The van der Waals surface area contributed by atoms with E-state index in [1.54, 1.807) is 4.90 Å². The number of likely N-dealkylation sites (tertiary alicyclic amines) is 1. The molecular formula is C20H27NO4. The highest BCUT2D eigenvalue weighted by Crippen LogP contribution is 2.42. The third-order valence-corrected chi connectivity index (χ3v) is 6.16. The third-order valence-electron chi connectivity index (χ3n) is 6.16. The first-order valence-corrected chi connectivity index (χ1v) is 9.12. The molecular weight excluding hydrogens is 318 g/mol. The Morgan fingerprint density at radius 2 is 1.80 bits per heavy atom. The lowest BCUT2D eigenvalue weighted by Crippen LogP contribution is -2.58. The van der Waals surface area contributed by atoms with Gasteiger partial charge in [0.05, 0.1) is 6.10 Å². The number of nitrogens with zero attached hydrogens (tertiary/aromatic N) is 1. The molecule has 2 atom stereocenters. The van der Waals surface area contributed by atoms with Gasteiger partial charge in [-0.1, -0.05) is 50.1 Å². The topological polar surface area (TPSA) is 77.8 Å². The second-order valence-corrected chi connectivity index (χ2v) is 7.91. The predicted octanol–water partition coefficient (Wildman–Crippen LogP) is 2.47. The van der Waals surface area contributed by atoms with Crippen LogP contribution in [0.15, 0.2) is 30.3 Å². The molecule has 0 aromatic heterocycles. The van der Waals surface area contributed by atoms with Crippen LogP contribution in [0.5, 0.6) is 0 Å². The number of amides is 1. The number of benzene rings is 1. The van der Waals surface area contributed by atoms with Crippen molar-refractivity contribution in [1.82, 2.24) is 4.90 Å². The van der Waals surface area contributed by atoms with Gasteiger partial charge in [0, 0.05) is 18.5 Å². The molecule has 1 amide bonds. The van der Waals surface area contributed by atoms with Crippen molar-refractivity contribution in [1.29, 1.82) is 0 Å². The number of aliphatic carboxylic acids is 1. The first-order chi connectivity index (χ1) is 11.9. The summed E-state index contributed by atoms with van der Waals surface area (Å²) in [5, 5.41) is 20.6. The van der Waals surface area contributed by atoms with Gasteiger partial charge >= 0.3 is 5.97 Å². The largest absolute Gasteiger partial charge is 0.481 e. The molecule has 25 heavy (non-hydrogen) atoms. The molecule has 0 spiro atoms. The van der Waals surface area contributed by atoms with Crippen LogP contribution in [0.4, 0.5) is 0 Å². The van der Waals surface area contributed by atoms with Crippen molar-refractivity contribution in [2.75, 3.05) is 13.1 Å². The van der Waals surface area contributed by atoms with Gasteiger partial charge in [0.2, 0.25) is 5.91 Å². The smallest absolute Gasteiger partial charge is 0.312 e. The second kappa shape index (κ2) is 6.79. The van der Waals surface area contributed by atoms with Gasteiger partial charge in [-0.15, -0.1) is 0 Å². The third kappa shape index (κ3) is 3.30. The summed E-state index contributed by atoms with van der Waals surface area (Å²) >= 11 is 0. The Morgan fingerprint density at radius 3 is 2.36 bits per heavy atom. The van der Waals surface area contributed by atoms with Crippen molar-refractivity contribution in [2.24, 2.45) is 10.8 Å². The summed E-state index contributed by atoms with van der Waals surface area (Å²) in [6, 6.07) is 9.40. The second-order valence-electron chi connectivity index (χ2n) is 7.91. The minimum Gasteiger partial charge on any atom is -0.481 e. The van der Waals surface area contributed by atoms with Crippen LogP contribution in [0, 0.1) is 10.8 Å². The Kier molecular flexibility index (Phi) is 4.87. The van der Waals surface area contributed by atoms with Gasteiger partial charge in [0.25, 0.3) is 0 Å². The van der Waals surface area contributed by atoms with E-state index in [2.05, 4.69) is 0 Å². The number of rotatable bonds is 4. The average molecular weight is 345 g/mol. The van der Waals surface area contributed by atoms with Gasteiger partial charge in [-0.05, 0) is 31.2 Å². The van der Waals surface area contributed by atoms with Crippen LogP contribution >= 0.6 is 0 Å². The lowest BCUT2D eigenvalue weighted by Gasteiger charge is -2.44. The Morgan fingerprint density at radius 1 is 1.16 bits per heavy atom. The fraction of sp³-hybridized carbons (Fsp3) is 0.600. The quantitative estimate of drug-likeness (QED) is 0.879. The molecule has 1 heterocycles. The molecule has 1 aliphatic carbocycles. The van der Waals surface area contributed by atoms with Crippen molar-refractivity contribution in [3.63, 3.8) is 0 Å². The Hall–Kier alpha value is -1.88. The zero-order valence-electron chi connectivity index (χ0n) is 14.8. The van der Waals surface area contributed by atoms with Crippen LogP contribution in [-0.4, -0.2) is 46.2 Å². The summed E-state index contributed by atoms with van der Waals surface area (Å²) in [6.07, 6.45) is 3.38. The van der Waals surface area contributed by atoms with Gasteiger partial charge in [-0.2, -0.15) is 0 Å². The van der Waals surface area contributed by atoms with E-state index in [1.165, 1.54) is 0 Å². The Bertz CT molecular complexity index is 638. The van der Waals surface area contributed by atoms with Gasteiger partial charge in [-0.3, -0.25) is 9.59 Å². The minimum absolute atomic E-state index is 0.0720. The molecule has 2 N–H and O–H groups in total. The Labute approximate surface area is 148 Å². The van der Waals surface area contributed by atoms with E-state index in [0.717, 1.165) is 31.2 Å². The molecule has 1 aliphatic heterocycles. The molecule has 0 unspecified atom stereocenters. The van der Waals surface area contributed by atoms with E-state index in [9.17, 15) is 19.8 Å². The zero-order chi connectivity index (χ0) is 18.1. The number of aliphatic hydroxyl groups excluding tert-OH is 1. The summed E-state index contributed by atoms with van der Waals surface area (Å²) in [5.74, 6) is -0.911. The van der Waals surface area contributed by atoms with Crippen LogP contribution in [0.25, 0.3) is 0 Å². The van der Waals surface area contributed by atoms with E-state index in [4.69, 9.17) is 0 Å². The van der Waals surface area contributed by atoms with E-state index in [-0.39, 0.29) is 30.7 Å². The van der Waals surface area contributed by atoms with Crippen LogP contribution in [0.1, 0.15) is 44.6 Å². The fourth-order valence-corrected chi connectivity index (χ4v) is 4.40. The maximum atomic E-state index is 12.9. The number of carboxylic acids is 1. The lowest BCUT2D eigenvalue weighted by atomic mass is 9.71. The molecule has 2 fully saturated rings. The number of hydrogen-bond donors (Lipinski definition) is 2. The number of piperidine rings is 1. The van der Waals surface area contributed by atoms with E-state index >= 15 is 0 Å². The number of carbonyl (C=O) groups is 2. The van der Waals surface area contributed by atoms with Gasteiger partial charge in [0.15, 0.2) is 0 Å². The molecule has 3 rings (SSSR count). The molecule has 0 radical (unpaired) electrons. The maximum absolute atomic E-state index is 12.9. The van der Waals surface area contributed by atoms with Crippen molar-refractivity contribution in [2.45, 2.75) is 51.6 Å². The molecule has 136 valence electrons. The van der Waals surface area contributed by atoms with Gasteiger partial charge in [-0.25, -0.2) is 0 Å². The van der Waals surface area contributed by atoms with Crippen molar-refractivity contribution < 1.29 is 19.8 Å². The highest BCUT2D eigenvalue weighted by molar-refractivity contribution is 5.83. The number of β-amino-alcohol motifs (C(OH)–C–C–N with tert-alkyl or cyclic N) is 1. The highest BCUT2D eigenvalue weighted by Gasteiger charge is 2.51. The SMILES string of the molecule is CC1(C(=O)N2CC[C@](Cc3ccccc3)(C(=O)O)[C@@H](O)C2)CCCC1. The molecule has 1 saturated heterocycles. The van der Waals surface area contributed by atoms with Crippen LogP contribution < -0.4 is 0 Å². The van der Waals surface area contributed by atoms with Crippen molar-refractivity contribution in [3.05, 3.63) is 35.9 Å². The number of carboxylic acid groups (broad SMARTS) is 1. The van der Waals surface area contributed by atoms with Crippen LogP contribution in [-0.2, 0) is 16.0 Å². The summed E-state index contributed by atoms with van der Waals surface area (Å²) in [6.45, 7) is 2.50. The fourth-order valence-electron chi connectivity index (χ4n) is 4.40. The van der Waals surface area contributed by atoms with Gasteiger partial charge < -0.3 is 15.1 Å². The molecule has 5 heteroatoms. The van der Waals surface area contributed by atoms with Crippen LogP contribution in [0.2, 0.25) is 0 Å². The summed E-state index contributed by atoms with van der Waals surface area (Å²) in [5.41, 5.74) is -0.677. The van der Waals surface area contributed by atoms with E-state index < -0.39 is 17.5 Å². The standard InChI is InChI=1S/C20H27NO4/c1-19(9-5-6-10-19)17(23)21-12-11-20(18(24)25,16(22)14-21)13-15-7-3-2-4-8-15/h2-4,7-8,16,22H,5-6,9-14H2,1H3,(H,24,25)/t16-,20+/m0/s1. The van der Waals surface area contributed by atoms with Crippen molar-refractivity contribution in [3.8, 4) is 0 Å². The monoisotopic (exact) mass is 345 g/mol. The molecule has 1 saturated carbocycles. The molecule has 1 aromatic rings. The zero-order valence-corrected chi connectivity index (χ0v) is 14.8. The number of aliphatic hydroxyl groups is 1. The normalized spacial score (nSPS) is 28.7. The first kappa shape index (κ1) is 17.9. The van der Waals surface area contributed by atoms with Gasteiger partial charge in [0.1, 0.15) is 5.41 Å². The minimum atomic E-state index is -1.23.